The van der Waals surface area contributed by atoms with Gasteiger partial charge in [0, 0.05) is 17.8 Å². The van der Waals surface area contributed by atoms with Crippen LogP contribution in [-0.2, 0) is 11.3 Å². The Balaban J connectivity index is 2.14. The number of hydrogen-bond acceptors (Lipinski definition) is 4. The topological polar surface area (TPSA) is 101 Å². The summed E-state index contributed by atoms with van der Waals surface area (Å²) in [6.45, 7) is 4.19. The van der Waals surface area contributed by atoms with Crippen LogP contribution in [0.3, 0.4) is 0 Å². The first-order valence-corrected chi connectivity index (χ1v) is 7.27. The third-order valence-electron chi connectivity index (χ3n) is 3.54. The third kappa shape index (κ3) is 4.03. The first kappa shape index (κ1) is 16.4. The van der Waals surface area contributed by atoms with Gasteiger partial charge in [-0.15, -0.1) is 0 Å². The standard InChI is InChI=1S/C18H21N3O2/c1-11-3-6-13(7-4-11)10-21-18(23)16(20)17(22)14-9-12(2)5-8-15(14)19/h3-9,22H,10,19-20H2,1-2H3,(H,21,23)/b17-16+. The van der Waals surface area contributed by atoms with Gasteiger partial charge in [0.15, 0.2) is 5.76 Å². The maximum absolute atomic E-state index is 12.1. The van der Waals surface area contributed by atoms with Gasteiger partial charge in [0.1, 0.15) is 5.70 Å². The molecular weight excluding hydrogens is 290 g/mol. The first-order chi connectivity index (χ1) is 10.9. The number of anilines is 1. The van der Waals surface area contributed by atoms with Gasteiger partial charge in [-0.1, -0.05) is 41.5 Å². The van der Waals surface area contributed by atoms with Gasteiger partial charge in [-0.2, -0.15) is 0 Å². The molecule has 0 radical (unpaired) electrons. The van der Waals surface area contributed by atoms with Crippen LogP contribution in [0.1, 0.15) is 22.3 Å². The van der Waals surface area contributed by atoms with Crippen LogP contribution in [0.2, 0.25) is 0 Å². The number of aliphatic hydroxyl groups is 1. The lowest BCUT2D eigenvalue weighted by Crippen LogP contribution is -2.29. The number of nitrogens with one attached hydrogen (secondary N) is 1. The van der Waals surface area contributed by atoms with Crippen molar-refractivity contribution in [1.82, 2.24) is 5.32 Å². The predicted octanol–water partition coefficient (Wildman–Crippen LogP) is 2.39. The number of benzene rings is 2. The second-order valence-corrected chi connectivity index (χ2v) is 5.52. The fraction of sp³-hybridized carbons (Fsp3) is 0.167. The van der Waals surface area contributed by atoms with Crippen molar-refractivity contribution in [3.8, 4) is 0 Å². The van der Waals surface area contributed by atoms with Crippen molar-refractivity contribution < 1.29 is 9.90 Å². The average Bonchev–Trinajstić information content (AvgIpc) is 2.55. The minimum atomic E-state index is -0.538. The van der Waals surface area contributed by atoms with Gasteiger partial charge < -0.3 is 21.9 Å². The SMILES string of the molecule is Cc1ccc(CNC(=O)/C(N)=C(\O)c2cc(C)ccc2N)cc1. The van der Waals surface area contributed by atoms with E-state index < -0.39 is 5.91 Å². The summed E-state index contributed by atoms with van der Waals surface area (Å²) in [7, 11) is 0. The Kier molecular flexibility index (Phi) is 4.91. The molecule has 5 nitrogen and oxygen atoms in total. The summed E-state index contributed by atoms with van der Waals surface area (Å²) in [5.74, 6) is -0.850. The van der Waals surface area contributed by atoms with Gasteiger partial charge in [0.2, 0.25) is 0 Å². The van der Waals surface area contributed by atoms with Crippen LogP contribution >= 0.6 is 0 Å². The smallest absolute Gasteiger partial charge is 0.271 e. The van der Waals surface area contributed by atoms with E-state index in [1.54, 1.807) is 12.1 Å². The molecule has 0 saturated carbocycles. The molecule has 0 spiro atoms. The van der Waals surface area contributed by atoms with E-state index in [2.05, 4.69) is 5.32 Å². The van der Waals surface area contributed by atoms with E-state index in [1.165, 1.54) is 0 Å². The minimum absolute atomic E-state index is 0.255. The molecule has 0 aromatic heterocycles. The highest BCUT2D eigenvalue weighted by atomic mass is 16.3. The molecule has 0 bridgehead atoms. The zero-order chi connectivity index (χ0) is 17.0. The Labute approximate surface area is 135 Å². The van der Waals surface area contributed by atoms with Crippen LogP contribution in [-0.4, -0.2) is 11.0 Å². The number of carbonyl (C=O) groups is 1. The number of nitrogen functional groups attached to an aromatic ring is 1. The number of hydrogen-bond donors (Lipinski definition) is 4. The molecule has 6 N–H and O–H groups in total. The molecule has 2 aromatic rings. The summed E-state index contributed by atoms with van der Waals surface area (Å²) in [6, 6.07) is 12.9. The van der Waals surface area contributed by atoms with Crippen molar-refractivity contribution >= 4 is 17.4 Å². The third-order valence-corrected chi connectivity index (χ3v) is 3.54. The van der Waals surface area contributed by atoms with Gasteiger partial charge in [-0.3, -0.25) is 4.79 Å². The highest BCUT2D eigenvalue weighted by Crippen LogP contribution is 2.22. The summed E-state index contributed by atoms with van der Waals surface area (Å²) < 4.78 is 0. The second kappa shape index (κ2) is 6.87. The molecular formula is C18H21N3O2. The lowest BCUT2D eigenvalue weighted by Gasteiger charge is -2.10. The summed E-state index contributed by atoms with van der Waals surface area (Å²) >= 11 is 0. The van der Waals surface area contributed by atoms with Gasteiger partial charge in [-0.05, 0) is 31.5 Å². The molecule has 0 fully saturated rings. The van der Waals surface area contributed by atoms with Crippen molar-refractivity contribution in [2.45, 2.75) is 20.4 Å². The van der Waals surface area contributed by atoms with Crippen molar-refractivity contribution in [3.05, 3.63) is 70.4 Å². The minimum Gasteiger partial charge on any atom is -0.505 e. The molecule has 2 rings (SSSR count). The predicted molar refractivity (Wildman–Crippen MR) is 92.4 cm³/mol. The lowest BCUT2D eigenvalue weighted by atomic mass is 10.1. The maximum Gasteiger partial charge on any atom is 0.271 e. The molecule has 1 amide bonds. The van der Waals surface area contributed by atoms with Gasteiger partial charge in [0.05, 0.1) is 0 Å². The Morgan fingerprint density at radius 3 is 2.35 bits per heavy atom. The number of aryl methyl sites for hydroxylation is 2. The lowest BCUT2D eigenvalue weighted by molar-refractivity contribution is -0.117. The van der Waals surface area contributed by atoms with E-state index in [-0.39, 0.29) is 11.5 Å². The van der Waals surface area contributed by atoms with Gasteiger partial charge in [-0.25, -0.2) is 0 Å². The van der Waals surface area contributed by atoms with Crippen LogP contribution in [0.5, 0.6) is 0 Å². The molecule has 0 aliphatic rings. The number of aliphatic hydroxyl groups excluding tert-OH is 1. The van der Waals surface area contributed by atoms with Crippen molar-refractivity contribution in [1.29, 1.82) is 0 Å². The zero-order valence-electron chi connectivity index (χ0n) is 13.3. The van der Waals surface area contributed by atoms with Gasteiger partial charge in [0.25, 0.3) is 5.91 Å². The molecule has 0 aliphatic heterocycles. The summed E-state index contributed by atoms with van der Waals surface area (Å²) in [5.41, 5.74) is 15.1. The Morgan fingerprint density at radius 2 is 1.70 bits per heavy atom. The van der Waals surface area contributed by atoms with E-state index >= 15 is 0 Å². The largest absolute Gasteiger partial charge is 0.505 e. The van der Waals surface area contributed by atoms with E-state index in [4.69, 9.17) is 11.5 Å². The monoisotopic (exact) mass is 311 g/mol. The second-order valence-electron chi connectivity index (χ2n) is 5.52. The molecule has 0 aliphatic carbocycles. The molecule has 0 unspecified atom stereocenters. The van der Waals surface area contributed by atoms with E-state index in [0.29, 0.717) is 17.8 Å². The van der Waals surface area contributed by atoms with Crippen LogP contribution in [0.25, 0.3) is 5.76 Å². The van der Waals surface area contributed by atoms with Crippen LogP contribution in [0, 0.1) is 13.8 Å². The number of nitrogens with two attached hydrogens (primary N) is 2. The van der Waals surface area contributed by atoms with Crippen LogP contribution in [0.4, 0.5) is 5.69 Å². The molecule has 2 aromatic carbocycles. The molecule has 0 saturated heterocycles. The Bertz CT molecular complexity index is 749. The Hall–Kier alpha value is -2.95. The highest BCUT2D eigenvalue weighted by Gasteiger charge is 2.15. The summed E-state index contributed by atoms with van der Waals surface area (Å²) in [5, 5.41) is 12.9. The molecule has 23 heavy (non-hydrogen) atoms. The number of rotatable bonds is 4. The quantitative estimate of drug-likeness (QED) is 0.395. The normalized spacial score (nSPS) is 11.7. The van der Waals surface area contributed by atoms with Crippen molar-refractivity contribution in [2.24, 2.45) is 5.73 Å². The number of carbonyl (C=O) groups excluding carboxylic acids is 1. The first-order valence-electron chi connectivity index (χ1n) is 7.27. The average molecular weight is 311 g/mol. The van der Waals surface area contributed by atoms with E-state index in [0.717, 1.165) is 16.7 Å². The van der Waals surface area contributed by atoms with Crippen molar-refractivity contribution in [3.63, 3.8) is 0 Å². The molecule has 5 heteroatoms. The summed E-state index contributed by atoms with van der Waals surface area (Å²) in [4.78, 5) is 12.1. The van der Waals surface area contributed by atoms with Crippen LogP contribution < -0.4 is 16.8 Å². The maximum atomic E-state index is 12.1. The Morgan fingerprint density at radius 1 is 1.09 bits per heavy atom. The summed E-state index contributed by atoms with van der Waals surface area (Å²) in [6.07, 6.45) is 0. The number of amides is 1. The molecule has 120 valence electrons. The fourth-order valence-corrected chi connectivity index (χ4v) is 2.11. The molecule has 0 heterocycles. The molecule has 0 atom stereocenters. The zero-order valence-corrected chi connectivity index (χ0v) is 13.3. The van der Waals surface area contributed by atoms with Gasteiger partial charge >= 0.3 is 0 Å². The highest BCUT2D eigenvalue weighted by molar-refractivity contribution is 5.99. The fourth-order valence-electron chi connectivity index (χ4n) is 2.11. The van der Waals surface area contributed by atoms with E-state index in [1.807, 2.05) is 44.2 Å². The van der Waals surface area contributed by atoms with Crippen molar-refractivity contribution in [2.75, 3.05) is 5.73 Å². The van der Waals surface area contributed by atoms with Crippen LogP contribution in [0.15, 0.2) is 48.2 Å². The van der Waals surface area contributed by atoms with E-state index in [9.17, 15) is 9.90 Å².